The lowest BCUT2D eigenvalue weighted by Gasteiger charge is -1.98. The molecule has 0 aliphatic heterocycles. The van der Waals surface area contributed by atoms with Crippen molar-refractivity contribution in [2.75, 3.05) is 5.88 Å². The molecular formula is C6H12ClN. The predicted octanol–water partition coefficient (Wildman–Crippen LogP) is 1.52. The summed E-state index contributed by atoms with van der Waals surface area (Å²) in [4.78, 5) is 0. The molecule has 1 unspecified atom stereocenters. The minimum absolute atomic E-state index is 0.0293. The second-order valence-electron chi connectivity index (χ2n) is 2.06. The Balaban J connectivity index is 3.51. The van der Waals surface area contributed by atoms with E-state index in [1.807, 2.05) is 19.9 Å². The highest BCUT2D eigenvalue weighted by Crippen LogP contribution is 1.92. The topological polar surface area (TPSA) is 26.0 Å². The van der Waals surface area contributed by atoms with Crippen molar-refractivity contribution in [1.82, 2.24) is 0 Å². The monoisotopic (exact) mass is 133 g/mol. The molecule has 0 aliphatic rings. The smallest absolute Gasteiger partial charge is 0.0411 e. The molecule has 48 valence electrons. The number of hydrogen-bond acceptors (Lipinski definition) is 1. The molecule has 2 N–H and O–H groups in total. The standard InChI is InChI=1S/C6H12ClN/c1-5(2)3-6(8)4-7/h3,6H,4,8H2,1-2H3. The Hall–Kier alpha value is -0.0100. The van der Waals surface area contributed by atoms with E-state index in [-0.39, 0.29) is 6.04 Å². The Kier molecular flexibility index (Phi) is 3.92. The Labute approximate surface area is 55.5 Å². The second-order valence-corrected chi connectivity index (χ2v) is 2.37. The molecule has 0 amide bonds. The highest BCUT2D eigenvalue weighted by molar-refractivity contribution is 6.18. The first-order chi connectivity index (χ1) is 3.66. The van der Waals surface area contributed by atoms with E-state index in [9.17, 15) is 0 Å². The number of nitrogens with two attached hydrogens (primary N) is 1. The minimum atomic E-state index is 0.0293. The fourth-order valence-electron chi connectivity index (χ4n) is 0.473. The molecule has 0 rings (SSSR count). The molecule has 8 heavy (non-hydrogen) atoms. The lowest BCUT2D eigenvalue weighted by atomic mass is 10.2. The lowest BCUT2D eigenvalue weighted by Crippen LogP contribution is -2.18. The average molecular weight is 134 g/mol. The molecule has 0 spiro atoms. The highest BCUT2D eigenvalue weighted by Gasteiger charge is 1.91. The largest absolute Gasteiger partial charge is 0.323 e. The van der Waals surface area contributed by atoms with E-state index in [4.69, 9.17) is 17.3 Å². The first-order valence-corrected chi connectivity index (χ1v) is 3.17. The summed E-state index contributed by atoms with van der Waals surface area (Å²) in [5.74, 6) is 0.505. The van der Waals surface area contributed by atoms with E-state index in [1.54, 1.807) is 0 Å². The predicted molar refractivity (Wildman–Crippen MR) is 38.1 cm³/mol. The first-order valence-electron chi connectivity index (χ1n) is 2.63. The van der Waals surface area contributed by atoms with Crippen molar-refractivity contribution < 1.29 is 0 Å². The van der Waals surface area contributed by atoms with Gasteiger partial charge in [-0.05, 0) is 13.8 Å². The molecule has 2 heteroatoms. The molecule has 0 bridgehead atoms. The molecule has 0 radical (unpaired) electrons. The Bertz CT molecular complexity index is 84.5. The van der Waals surface area contributed by atoms with Crippen molar-refractivity contribution in [1.29, 1.82) is 0 Å². The van der Waals surface area contributed by atoms with E-state index in [0.29, 0.717) is 5.88 Å². The van der Waals surface area contributed by atoms with Gasteiger partial charge in [-0.3, -0.25) is 0 Å². The SMILES string of the molecule is CC(C)=CC(N)CCl. The van der Waals surface area contributed by atoms with Gasteiger partial charge in [0.1, 0.15) is 0 Å². The molecule has 1 atom stereocenters. The van der Waals surface area contributed by atoms with Gasteiger partial charge in [0.2, 0.25) is 0 Å². The quantitative estimate of drug-likeness (QED) is 0.449. The van der Waals surface area contributed by atoms with E-state index < -0.39 is 0 Å². The van der Waals surface area contributed by atoms with Gasteiger partial charge in [-0.1, -0.05) is 11.6 Å². The fourth-order valence-corrected chi connectivity index (χ4v) is 0.562. The maximum Gasteiger partial charge on any atom is 0.0411 e. The van der Waals surface area contributed by atoms with Crippen molar-refractivity contribution in [3.63, 3.8) is 0 Å². The summed E-state index contributed by atoms with van der Waals surface area (Å²) in [6, 6.07) is 0.0293. The fraction of sp³-hybridized carbons (Fsp3) is 0.667. The van der Waals surface area contributed by atoms with Crippen LogP contribution < -0.4 is 5.73 Å². The van der Waals surface area contributed by atoms with Crippen LogP contribution in [0.15, 0.2) is 11.6 Å². The van der Waals surface area contributed by atoms with E-state index in [2.05, 4.69) is 0 Å². The molecule has 0 heterocycles. The third-order valence-electron chi connectivity index (χ3n) is 0.726. The van der Waals surface area contributed by atoms with Crippen LogP contribution in [-0.4, -0.2) is 11.9 Å². The summed E-state index contributed by atoms with van der Waals surface area (Å²) >= 11 is 5.43. The van der Waals surface area contributed by atoms with E-state index in [0.717, 1.165) is 0 Å². The summed E-state index contributed by atoms with van der Waals surface area (Å²) in [6.07, 6.45) is 1.95. The molecular weight excluding hydrogens is 122 g/mol. The van der Waals surface area contributed by atoms with Gasteiger partial charge in [-0.25, -0.2) is 0 Å². The van der Waals surface area contributed by atoms with Gasteiger partial charge in [0.15, 0.2) is 0 Å². The zero-order valence-corrected chi connectivity index (χ0v) is 6.07. The van der Waals surface area contributed by atoms with Gasteiger partial charge in [-0.15, -0.1) is 11.6 Å². The minimum Gasteiger partial charge on any atom is -0.323 e. The first kappa shape index (κ1) is 7.99. The third kappa shape index (κ3) is 4.16. The molecule has 0 aromatic rings. The lowest BCUT2D eigenvalue weighted by molar-refractivity contribution is 0.922. The Morgan fingerprint density at radius 1 is 1.75 bits per heavy atom. The van der Waals surface area contributed by atoms with Crippen molar-refractivity contribution in [2.24, 2.45) is 5.73 Å². The van der Waals surface area contributed by atoms with Crippen molar-refractivity contribution in [2.45, 2.75) is 19.9 Å². The summed E-state index contributed by atoms with van der Waals surface area (Å²) in [6.45, 7) is 4.01. The van der Waals surface area contributed by atoms with E-state index >= 15 is 0 Å². The van der Waals surface area contributed by atoms with Crippen LogP contribution in [-0.2, 0) is 0 Å². The zero-order valence-electron chi connectivity index (χ0n) is 5.32. The van der Waals surface area contributed by atoms with Crippen LogP contribution in [0.4, 0.5) is 0 Å². The summed E-state index contributed by atoms with van der Waals surface area (Å²) in [5.41, 5.74) is 6.69. The van der Waals surface area contributed by atoms with Crippen LogP contribution >= 0.6 is 11.6 Å². The van der Waals surface area contributed by atoms with E-state index in [1.165, 1.54) is 5.57 Å². The number of rotatable bonds is 2. The van der Waals surface area contributed by atoms with Crippen molar-refractivity contribution >= 4 is 11.6 Å². The number of halogens is 1. The van der Waals surface area contributed by atoms with Crippen molar-refractivity contribution in [3.8, 4) is 0 Å². The molecule has 0 fully saturated rings. The number of allylic oxidation sites excluding steroid dienone is 1. The van der Waals surface area contributed by atoms with Gasteiger partial charge in [0.25, 0.3) is 0 Å². The van der Waals surface area contributed by atoms with Gasteiger partial charge in [0.05, 0.1) is 0 Å². The maximum atomic E-state index is 5.47. The Morgan fingerprint density at radius 2 is 2.25 bits per heavy atom. The molecule has 0 aliphatic carbocycles. The zero-order chi connectivity index (χ0) is 6.57. The second kappa shape index (κ2) is 3.93. The number of alkyl halides is 1. The van der Waals surface area contributed by atoms with Crippen LogP contribution in [0.5, 0.6) is 0 Å². The van der Waals surface area contributed by atoms with Gasteiger partial charge < -0.3 is 5.73 Å². The molecule has 1 nitrogen and oxygen atoms in total. The molecule has 0 aromatic heterocycles. The van der Waals surface area contributed by atoms with Gasteiger partial charge >= 0.3 is 0 Å². The van der Waals surface area contributed by atoms with Gasteiger partial charge in [0, 0.05) is 11.9 Å². The van der Waals surface area contributed by atoms with Crippen LogP contribution in [0, 0.1) is 0 Å². The van der Waals surface area contributed by atoms with Gasteiger partial charge in [-0.2, -0.15) is 0 Å². The maximum absolute atomic E-state index is 5.47. The van der Waals surface area contributed by atoms with Crippen LogP contribution in [0.1, 0.15) is 13.8 Å². The highest BCUT2D eigenvalue weighted by atomic mass is 35.5. The third-order valence-corrected chi connectivity index (χ3v) is 1.08. The summed E-state index contributed by atoms with van der Waals surface area (Å²) in [7, 11) is 0. The summed E-state index contributed by atoms with van der Waals surface area (Å²) in [5, 5.41) is 0. The Morgan fingerprint density at radius 3 is 2.38 bits per heavy atom. The molecule has 0 saturated heterocycles. The van der Waals surface area contributed by atoms with Crippen LogP contribution in [0.2, 0.25) is 0 Å². The molecule has 0 aromatic carbocycles. The normalized spacial score (nSPS) is 13.0. The van der Waals surface area contributed by atoms with Crippen LogP contribution in [0.3, 0.4) is 0 Å². The summed E-state index contributed by atoms with van der Waals surface area (Å²) < 4.78 is 0. The van der Waals surface area contributed by atoms with Crippen LogP contribution in [0.25, 0.3) is 0 Å². The average Bonchev–Trinajstić information content (AvgIpc) is 1.65. The number of hydrogen-bond donors (Lipinski definition) is 1. The molecule has 0 saturated carbocycles. The van der Waals surface area contributed by atoms with Crippen molar-refractivity contribution in [3.05, 3.63) is 11.6 Å².